The molecule has 3 N–H and O–H groups in total. The first-order chi connectivity index (χ1) is 9.21. The van der Waals surface area contributed by atoms with Crippen molar-refractivity contribution in [3.8, 4) is 6.01 Å². The van der Waals surface area contributed by atoms with Gasteiger partial charge in [-0.2, -0.15) is 26.7 Å². The van der Waals surface area contributed by atoms with Crippen molar-refractivity contribution in [2.24, 2.45) is 5.84 Å². The van der Waals surface area contributed by atoms with Crippen molar-refractivity contribution >= 4 is 23.7 Å². The number of nitrogen functional groups attached to an aromatic ring is 1. The van der Waals surface area contributed by atoms with Gasteiger partial charge in [-0.25, -0.2) is 5.84 Å². The number of ether oxygens (including phenoxy) is 1. The predicted octanol–water partition coefficient (Wildman–Crippen LogP) is 1.14. The first kappa shape index (κ1) is 15.8. The average molecular weight is 286 g/mol. The molecule has 0 saturated carbocycles. The Morgan fingerprint density at radius 1 is 1.37 bits per heavy atom. The molecule has 0 bridgehead atoms. The number of thioether (sulfide) groups is 1. The van der Waals surface area contributed by atoms with Crippen LogP contribution in [0.15, 0.2) is 0 Å². The van der Waals surface area contributed by atoms with E-state index >= 15 is 0 Å². The summed E-state index contributed by atoms with van der Waals surface area (Å²) in [7, 11) is 1.94. The van der Waals surface area contributed by atoms with E-state index < -0.39 is 0 Å². The average Bonchev–Trinajstić information content (AvgIpc) is 2.44. The van der Waals surface area contributed by atoms with Crippen LogP contribution in [0.2, 0.25) is 0 Å². The van der Waals surface area contributed by atoms with E-state index in [9.17, 15) is 0 Å². The summed E-state index contributed by atoms with van der Waals surface area (Å²) in [5.41, 5.74) is 2.43. The molecule has 0 radical (unpaired) electrons. The minimum atomic E-state index is 0.302. The number of hydrogen-bond acceptors (Lipinski definition) is 8. The summed E-state index contributed by atoms with van der Waals surface area (Å²) >= 11 is 1.82. The van der Waals surface area contributed by atoms with Crippen molar-refractivity contribution in [1.82, 2.24) is 15.0 Å². The molecule has 0 aliphatic rings. The topological polar surface area (TPSA) is 89.2 Å². The summed E-state index contributed by atoms with van der Waals surface area (Å²) in [5, 5.41) is 0. The molecule has 1 aromatic heterocycles. The van der Waals surface area contributed by atoms with Crippen LogP contribution in [-0.2, 0) is 0 Å². The molecular formula is C11H22N6OS. The van der Waals surface area contributed by atoms with Gasteiger partial charge >= 0.3 is 6.01 Å². The van der Waals surface area contributed by atoms with Gasteiger partial charge in [0.25, 0.3) is 0 Å². The van der Waals surface area contributed by atoms with Crippen LogP contribution in [0, 0.1) is 0 Å². The van der Waals surface area contributed by atoms with Crippen molar-refractivity contribution in [2.75, 3.05) is 42.5 Å². The Bertz CT molecular complexity index is 378. The molecule has 19 heavy (non-hydrogen) atoms. The van der Waals surface area contributed by atoms with Crippen molar-refractivity contribution in [3.63, 3.8) is 0 Å². The number of anilines is 2. The molecule has 0 atom stereocenters. The summed E-state index contributed by atoms with van der Waals surface area (Å²) < 4.78 is 5.43. The molecule has 1 aromatic rings. The lowest BCUT2D eigenvalue weighted by Crippen LogP contribution is -2.23. The van der Waals surface area contributed by atoms with E-state index in [-0.39, 0.29) is 0 Å². The third kappa shape index (κ3) is 5.48. The quantitative estimate of drug-likeness (QED) is 0.397. The van der Waals surface area contributed by atoms with Gasteiger partial charge in [0.15, 0.2) is 0 Å². The Hall–Kier alpha value is -1.28. The Morgan fingerprint density at radius 3 is 2.79 bits per heavy atom. The molecule has 1 rings (SSSR count). The second-order valence-electron chi connectivity index (χ2n) is 4.00. The first-order valence-electron chi connectivity index (χ1n) is 6.26. The van der Waals surface area contributed by atoms with Gasteiger partial charge in [-0.05, 0) is 24.9 Å². The van der Waals surface area contributed by atoms with Crippen LogP contribution in [0.5, 0.6) is 6.01 Å². The molecule has 0 aromatic carbocycles. The van der Waals surface area contributed by atoms with Crippen molar-refractivity contribution in [2.45, 2.75) is 19.8 Å². The Labute approximate surface area is 118 Å². The van der Waals surface area contributed by atoms with E-state index in [1.54, 1.807) is 0 Å². The number of nitrogens with one attached hydrogen (secondary N) is 1. The second kappa shape index (κ2) is 8.76. The zero-order chi connectivity index (χ0) is 14.1. The van der Waals surface area contributed by atoms with Crippen LogP contribution in [-0.4, -0.2) is 47.2 Å². The van der Waals surface area contributed by atoms with Crippen LogP contribution in [0.25, 0.3) is 0 Å². The number of hydrazine groups is 1. The smallest absolute Gasteiger partial charge is 0.323 e. The first-order valence-corrected chi connectivity index (χ1v) is 7.66. The van der Waals surface area contributed by atoms with Crippen LogP contribution >= 0.6 is 11.8 Å². The Morgan fingerprint density at radius 2 is 2.16 bits per heavy atom. The fourth-order valence-electron chi connectivity index (χ4n) is 1.39. The van der Waals surface area contributed by atoms with Crippen LogP contribution in [0.4, 0.5) is 11.9 Å². The van der Waals surface area contributed by atoms with E-state index in [0.717, 1.165) is 25.1 Å². The molecule has 108 valence electrons. The molecule has 0 aliphatic heterocycles. The predicted molar refractivity (Wildman–Crippen MR) is 79.7 cm³/mol. The van der Waals surface area contributed by atoms with Gasteiger partial charge in [-0.3, -0.25) is 5.43 Å². The van der Waals surface area contributed by atoms with Crippen molar-refractivity contribution < 1.29 is 4.74 Å². The van der Waals surface area contributed by atoms with E-state index in [1.165, 1.54) is 0 Å². The molecule has 0 spiro atoms. The van der Waals surface area contributed by atoms with Crippen LogP contribution in [0.3, 0.4) is 0 Å². The van der Waals surface area contributed by atoms with Gasteiger partial charge in [-0.1, -0.05) is 6.92 Å². The molecular weight excluding hydrogens is 264 g/mol. The molecule has 0 fully saturated rings. The lowest BCUT2D eigenvalue weighted by molar-refractivity contribution is 0.292. The summed E-state index contributed by atoms with van der Waals surface area (Å²) in [6.07, 6.45) is 4.06. The second-order valence-corrected chi connectivity index (χ2v) is 4.99. The molecule has 7 nitrogen and oxygen atoms in total. The molecule has 0 unspecified atom stereocenters. The zero-order valence-corrected chi connectivity index (χ0v) is 12.5. The standard InChI is InChI=1S/C11H22N6OS/c1-4-7-18-11-14-9(16-12)13-10(15-11)17(2)6-5-8-19-3/h4-8,12H2,1-3H3,(H,13,14,15,16). The third-order valence-electron chi connectivity index (χ3n) is 2.35. The summed E-state index contributed by atoms with van der Waals surface area (Å²) in [6.45, 7) is 3.48. The van der Waals surface area contributed by atoms with Gasteiger partial charge in [0.05, 0.1) is 6.61 Å². The van der Waals surface area contributed by atoms with Crippen molar-refractivity contribution in [3.05, 3.63) is 0 Å². The Balaban J connectivity index is 2.74. The summed E-state index contributed by atoms with van der Waals surface area (Å²) in [5.74, 6) is 7.34. The number of nitrogens with two attached hydrogens (primary N) is 1. The maximum atomic E-state index is 5.43. The minimum absolute atomic E-state index is 0.302. The maximum absolute atomic E-state index is 5.43. The van der Waals surface area contributed by atoms with Gasteiger partial charge in [0.2, 0.25) is 11.9 Å². The van der Waals surface area contributed by atoms with Gasteiger partial charge in [-0.15, -0.1) is 0 Å². The van der Waals surface area contributed by atoms with E-state index in [1.807, 2.05) is 30.6 Å². The third-order valence-corrected chi connectivity index (χ3v) is 3.05. The minimum Gasteiger partial charge on any atom is -0.463 e. The highest BCUT2D eigenvalue weighted by atomic mass is 32.2. The highest BCUT2D eigenvalue weighted by molar-refractivity contribution is 7.98. The SMILES string of the molecule is CCCOc1nc(NN)nc(N(C)CCCSC)n1. The fourth-order valence-corrected chi connectivity index (χ4v) is 1.80. The van der Waals surface area contributed by atoms with Gasteiger partial charge in [0, 0.05) is 13.6 Å². The molecule has 1 heterocycles. The van der Waals surface area contributed by atoms with Crippen LogP contribution < -0.4 is 20.9 Å². The largest absolute Gasteiger partial charge is 0.463 e. The van der Waals surface area contributed by atoms with E-state index in [0.29, 0.717) is 24.5 Å². The normalized spacial score (nSPS) is 10.3. The van der Waals surface area contributed by atoms with E-state index in [2.05, 4.69) is 26.6 Å². The highest BCUT2D eigenvalue weighted by Crippen LogP contribution is 2.14. The highest BCUT2D eigenvalue weighted by Gasteiger charge is 2.10. The zero-order valence-electron chi connectivity index (χ0n) is 11.7. The Kier molecular flexibility index (Phi) is 7.27. The maximum Gasteiger partial charge on any atom is 0.323 e. The molecule has 0 amide bonds. The number of hydrogen-bond donors (Lipinski definition) is 2. The number of rotatable bonds is 9. The lowest BCUT2D eigenvalue weighted by Gasteiger charge is -2.17. The number of aromatic nitrogens is 3. The summed E-state index contributed by atoms with van der Waals surface area (Å²) in [4.78, 5) is 14.5. The van der Waals surface area contributed by atoms with Gasteiger partial charge in [0.1, 0.15) is 0 Å². The molecule has 0 saturated heterocycles. The van der Waals surface area contributed by atoms with Gasteiger partial charge < -0.3 is 9.64 Å². The number of nitrogens with zero attached hydrogens (tertiary/aromatic N) is 4. The van der Waals surface area contributed by atoms with Crippen molar-refractivity contribution in [1.29, 1.82) is 0 Å². The summed E-state index contributed by atoms with van der Waals surface area (Å²) in [6, 6.07) is 0.302. The van der Waals surface area contributed by atoms with E-state index in [4.69, 9.17) is 10.6 Å². The fraction of sp³-hybridized carbons (Fsp3) is 0.727. The van der Waals surface area contributed by atoms with Crippen LogP contribution in [0.1, 0.15) is 19.8 Å². The lowest BCUT2D eigenvalue weighted by atomic mass is 10.4. The monoisotopic (exact) mass is 286 g/mol. The molecule has 8 heteroatoms. The molecule has 0 aliphatic carbocycles.